The van der Waals surface area contributed by atoms with Crippen LogP contribution in [0.2, 0.25) is 0 Å². The molecule has 0 radical (unpaired) electrons. The maximum Gasteiger partial charge on any atom is 0.127 e. The van der Waals surface area contributed by atoms with E-state index in [9.17, 15) is 4.79 Å². The van der Waals surface area contributed by atoms with E-state index in [1.54, 1.807) is 0 Å². The fourth-order valence-electron chi connectivity index (χ4n) is 2.77. The summed E-state index contributed by atoms with van der Waals surface area (Å²) in [4.78, 5) is 11.5. The van der Waals surface area contributed by atoms with E-state index in [4.69, 9.17) is 0 Å². The van der Waals surface area contributed by atoms with Crippen LogP contribution in [0.1, 0.15) is 29.9 Å². The van der Waals surface area contributed by atoms with E-state index in [0.717, 1.165) is 19.1 Å². The van der Waals surface area contributed by atoms with Gasteiger partial charge in [0.15, 0.2) is 0 Å². The van der Waals surface area contributed by atoms with Gasteiger partial charge in [0, 0.05) is 11.3 Å². The van der Waals surface area contributed by atoms with Gasteiger partial charge in [-0.1, -0.05) is 60.7 Å². The van der Waals surface area contributed by atoms with E-state index in [2.05, 4.69) is 24.3 Å². The average molecular weight is 236 g/mol. The standard InChI is InChI=1S/C17H16O/c18-13-17(11-12-17)16(14-7-3-1-4-8-14)15-9-5-2-6-10-15/h1-10,13,16H,11-12H2. The predicted octanol–water partition coefficient (Wildman–Crippen LogP) is 3.80. The zero-order valence-electron chi connectivity index (χ0n) is 10.3. The molecule has 1 saturated carbocycles. The summed E-state index contributed by atoms with van der Waals surface area (Å²) >= 11 is 0. The first-order valence-corrected chi connectivity index (χ1v) is 6.42. The molecule has 1 nitrogen and oxygen atoms in total. The Bertz CT molecular complexity index is 487. The molecular weight excluding hydrogens is 220 g/mol. The van der Waals surface area contributed by atoms with Crippen LogP contribution >= 0.6 is 0 Å². The summed E-state index contributed by atoms with van der Waals surface area (Å²) < 4.78 is 0. The van der Waals surface area contributed by atoms with Crippen molar-refractivity contribution >= 4 is 6.29 Å². The fourth-order valence-corrected chi connectivity index (χ4v) is 2.77. The molecule has 1 fully saturated rings. The van der Waals surface area contributed by atoms with Crippen molar-refractivity contribution in [3.05, 3.63) is 71.8 Å². The van der Waals surface area contributed by atoms with E-state index < -0.39 is 0 Å². The van der Waals surface area contributed by atoms with Crippen molar-refractivity contribution in [2.45, 2.75) is 18.8 Å². The Kier molecular flexibility index (Phi) is 2.75. The van der Waals surface area contributed by atoms with E-state index in [1.807, 2.05) is 36.4 Å². The number of carbonyl (C=O) groups excluding carboxylic acids is 1. The Morgan fingerprint density at radius 3 is 1.61 bits per heavy atom. The second kappa shape index (κ2) is 4.41. The molecule has 1 aliphatic rings. The maximum absolute atomic E-state index is 11.5. The molecule has 1 aliphatic carbocycles. The first-order valence-electron chi connectivity index (χ1n) is 6.42. The minimum Gasteiger partial charge on any atom is -0.303 e. The lowest BCUT2D eigenvalue weighted by atomic mass is 9.79. The molecule has 0 heterocycles. The van der Waals surface area contributed by atoms with E-state index >= 15 is 0 Å². The van der Waals surface area contributed by atoms with Gasteiger partial charge in [0.2, 0.25) is 0 Å². The smallest absolute Gasteiger partial charge is 0.127 e. The molecule has 0 bridgehead atoms. The first-order chi connectivity index (χ1) is 8.86. The normalized spacial score (nSPS) is 16.5. The minimum absolute atomic E-state index is 0.164. The van der Waals surface area contributed by atoms with Crippen molar-refractivity contribution in [1.82, 2.24) is 0 Å². The summed E-state index contributed by atoms with van der Waals surface area (Å²) in [6.07, 6.45) is 3.17. The van der Waals surface area contributed by atoms with Crippen LogP contribution in [0.25, 0.3) is 0 Å². The monoisotopic (exact) mass is 236 g/mol. The molecule has 3 rings (SSSR count). The summed E-state index contributed by atoms with van der Waals surface area (Å²) in [5, 5.41) is 0. The molecule has 0 unspecified atom stereocenters. The van der Waals surface area contributed by atoms with Gasteiger partial charge in [-0.2, -0.15) is 0 Å². The minimum atomic E-state index is -0.164. The van der Waals surface area contributed by atoms with Crippen LogP contribution in [0.5, 0.6) is 0 Å². The molecule has 0 saturated heterocycles. The highest BCUT2D eigenvalue weighted by Gasteiger charge is 2.50. The van der Waals surface area contributed by atoms with Gasteiger partial charge in [-0.05, 0) is 24.0 Å². The highest BCUT2D eigenvalue weighted by Crippen LogP contribution is 2.56. The van der Waals surface area contributed by atoms with Crippen LogP contribution in [0.15, 0.2) is 60.7 Å². The Hall–Kier alpha value is -1.89. The number of rotatable bonds is 4. The average Bonchev–Trinajstić information content (AvgIpc) is 3.23. The Balaban J connectivity index is 2.08. The Labute approximate surface area is 107 Å². The maximum atomic E-state index is 11.5. The van der Waals surface area contributed by atoms with E-state index in [1.165, 1.54) is 11.1 Å². The quantitative estimate of drug-likeness (QED) is 0.738. The summed E-state index contributed by atoms with van der Waals surface area (Å²) in [7, 11) is 0. The Morgan fingerprint density at radius 1 is 0.833 bits per heavy atom. The van der Waals surface area contributed by atoms with Gasteiger partial charge in [0.1, 0.15) is 6.29 Å². The zero-order chi connectivity index (χ0) is 12.4. The van der Waals surface area contributed by atoms with Gasteiger partial charge >= 0.3 is 0 Å². The third-order valence-corrected chi connectivity index (χ3v) is 3.90. The van der Waals surface area contributed by atoms with E-state index in [-0.39, 0.29) is 11.3 Å². The van der Waals surface area contributed by atoms with Gasteiger partial charge in [-0.3, -0.25) is 0 Å². The van der Waals surface area contributed by atoms with Crippen molar-refractivity contribution < 1.29 is 4.79 Å². The van der Waals surface area contributed by atoms with Crippen molar-refractivity contribution in [2.24, 2.45) is 5.41 Å². The highest BCUT2D eigenvalue weighted by atomic mass is 16.1. The van der Waals surface area contributed by atoms with Gasteiger partial charge in [-0.15, -0.1) is 0 Å². The molecule has 0 amide bonds. The number of benzene rings is 2. The summed E-state index contributed by atoms with van der Waals surface area (Å²) in [5.41, 5.74) is 2.32. The van der Waals surface area contributed by atoms with Crippen molar-refractivity contribution in [2.75, 3.05) is 0 Å². The van der Waals surface area contributed by atoms with Crippen molar-refractivity contribution in [1.29, 1.82) is 0 Å². The molecule has 18 heavy (non-hydrogen) atoms. The van der Waals surface area contributed by atoms with Crippen molar-refractivity contribution in [3.63, 3.8) is 0 Å². The lowest BCUT2D eigenvalue weighted by Crippen LogP contribution is -2.17. The van der Waals surface area contributed by atoms with Crippen molar-refractivity contribution in [3.8, 4) is 0 Å². The molecular formula is C17H16O. The number of hydrogen-bond donors (Lipinski definition) is 0. The molecule has 1 heteroatoms. The van der Waals surface area contributed by atoms with Crippen LogP contribution in [0, 0.1) is 5.41 Å². The third-order valence-electron chi connectivity index (χ3n) is 3.90. The third kappa shape index (κ3) is 1.86. The van der Waals surface area contributed by atoms with Gasteiger partial charge in [0.05, 0.1) is 0 Å². The Morgan fingerprint density at radius 2 is 1.28 bits per heavy atom. The molecule has 2 aromatic carbocycles. The molecule has 0 aromatic heterocycles. The predicted molar refractivity (Wildman–Crippen MR) is 72.5 cm³/mol. The van der Waals surface area contributed by atoms with Crippen LogP contribution in [0.4, 0.5) is 0 Å². The largest absolute Gasteiger partial charge is 0.303 e. The summed E-state index contributed by atoms with van der Waals surface area (Å²) in [6, 6.07) is 20.7. The van der Waals surface area contributed by atoms with Crippen LogP contribution < -0.4 is 0 Å². The number of hydrogen-bond acceptors (Lipinski definition) is 1. The molecule has 2 aromatic rings. The number of carbonyl (C=O) groups is 1. The molecule has 0 aliphatic heterocycles. The topological polar surface area (TPSA) is 17.1 Å². The molecule has 0 spiro atoms. The van der Waals surface area contributed by atoms with Crippen LogP contribution in [-0.2, 0) is 4.79 Å². The zero-order valence-corrected chi connectivity index (χ0v) is 10.3. The van der Waals surface area contributed by atoms with Gasteiger partial charge in [-0.25, -0.2) is 0 Å². The first kappa shape index (κ1) is 11.2. The second-order valence-corrected chi connectivity index (χ2v) is 5.11. The van der Waals surface area contributed by atoms with Gasteiger partial charge in [0.25, 0.3) is 0 Å². The second-order valence-electron chi connectivity index (χ2n) is 5.11. The number of aldehydes is 1. The van der Waals surface area contributed by atoms with Crippen LogP contribution in [-0.4, -0.2) is 6.29 Å². The lowest BCUT2D eigenvalue weighted by Gasteiger charge is -2.23. The SMILES string of the molecule is O=CC1(C(c2ccccc2)c2ccccc2)CC1. The molecule has 0 N–H and O–H groups in total. The van der Waals surface area contributed by atoms with Gasteiger partial charge < -0.3 is 4.79 Å². The summed E-state index contributed by atoms with van der Waals surface area (Å²) in [6.45, 7) is 0. The van der Waals surface area contributed by atoms with E-state index in [0.29, 0.717) is 0 Å². The lowest BCUT2D eigenvalue weighted by molar-refractivity contribution is -0.112. The molecule has 90 valence electrons. The van der Waals surface area contributed by atoms with Crippen LogP contribution in [0.3, 0.4) is 0 Å². The highest BCUT2D eigenvalue weighted by molar-refractivity contribution is 5.68. The molecule has 0 atom stereocenters. The fraction of sp³-hybridized carbons (Fsp3) is 0.235. The summed E-state index contributed by atoms with van der Waals surface area (Å²) in [5.74, 6) is 0.206.